The third-order valence-electron chi connectivity index (χ3n) is 3.98. The van der Waals surface area contributed by atoms with E-state index in [0.29, 0.717) is 0 Å². The molecule has 7 heteroatoms. The third-order valence-corrected chi connectivity index (χ3v) is 4.14. The monoisotopic (exact) mass is 477 g/mol. The predicted octanol–water partition coefficient (Wildman–Crippen LogP) is 4.08. The van der Waals surface area contributed by atoms with Crippen LogP contribution in [-0.4, -0.2) is 4.50 Å². The van der Waals surface area contributed by atoms with Gasteiger partial charge in [0.15, 0.2) is 0 Å². The van der Waals surface area contributed by atoms with Crippen LogP contribution in [0.2, 0.25) is 0 Å². The Morgan fingerprint density at radius 3 is 0.939 bits per heavy atom. The average Bonchev–Trinajstić information content (AvgIpc) is 2.94. The van der Waals surface area contributed by atoms with Gasteiger partial charge in [0.25, 0.3) is 0 Å². The second-order valence-electron chi connectivity index (χ2n) is 5.53. The van der Waals surface area contributed by atoms with Crippen LogP contribution >= 0.6 is 0 Å². The summed E-state index contributed by atoms with van der Waals surface area (Å²) < 4.78 is 38.6. The van der Waals surface area contributed by atoms with E-state index in [9.17, 15) is 0 Å². The van der Waals surface area contributed by atoms with Crippen LogP contribution in [0.3, 0.4) is 0 Å². The summed E-state index contributed by atoms with van der Waals surface area (Å²) in [5, 5.41) is 3.70. The fourth-order valence-electron chi connectivity index (χ4n) is 3.05. The van der Waals surface area contributed by atoms with E-state index in [0.717, 1.165) is 4.50 Å². The molecule has 33 heavy (non-hydrogen) atoms. The van der Waals surface area contributed by atoms with Crippen molar-refractivity contribution in [3.05, 3.63) is 141 Å². The van der Waals surface area contributed by atoms with Gasteiger partial charge in [-0.3, -0.25) is 0 Å². The average molecular weight is 477 g/mol. The number of hydrogen-bond acceptors (Lipinski definition) is 1. The molecule has 3 aromatic carbocycles. The van der Waals surface area contributed by atoms with Gasteiger partial charge in [-0.25, -0.2) is 0 Å². The molecule has 0 atom stereocenters. The van der Waals surface area contributed by atoms with Crippen molar-refractivity contribution in [1.29, 1.82) is 0 Å². The first kappa shape index (κ1) is 34.3. The molecule has 3 aromatic rings. The van der Waals surface area contributed by atoms with E-state index < -0.39 is 5.54 Å². The number of nitrogens with one attached hydrogen (secondary N) is 1. The van der Waals surface area contributed by atoms with E-state index >= 15 is 0 Å². The van der Waals surface area contributed by atoms with E-state index in [1.807, 2.05) is 0 Å². The maximum atomic E-state index is 7.50. The summed E-state index contributed by atoms with van der Waals surface area (Å²) in [6.45, 7) is 24.6. The second kappa shape index (κ2) is 23.4. The van der Waals surface area contributed by atoms with Gasteiger partial charge in [0.1, 0.15) is 0 Å². The van der Waals surface area contributed by atoms with Crippen LogP contribution in [0, 0.1) is 33.3 Å². The summed E-state index contributed by atoms with van der Waals surface area (Å²) in [4.78, 5) is 0. The van der Waals surface area contributed by atoms with Crippen molar-refractivity contribution in [2.45, 2.75) is 12.5 Å². The number of benzene rings is 3. The first-order valence-corrected chi connectivity index (χ1v) is 9.34. The Morgan fingerprint density at radius 2 is 0.758 bits per heavy atom. The first-order valence-electron chi connectivity index (χ1n) is 8.71. The maximum absolute atomic E-state index is 7.50. The third kappa shape index (κ3) is 10.7. The second-order valence-corrected chi connectivity index (χ2v) is 6.49. The summed E-state index contributed by atoms with van der Waals surface area (Å²) in [7, 11) is 0. The summed E-state index contributed by atoms with van der Waals surface area (Å²) in [5.74, 6) is 0. The van der Waals surface area contributed by atoms with Crippen molar-refractivity contribution in [2.24, 2.45) is 0 Å². The quantitative estimate of drug-likeness (QED) is 0.333. The van der Waals surface area contributed by atoms with Crippen molar-refractivity contribution >= 4 is 4.50 Å². The van der Waals surface area contributed by atoms with E-state index in [4.69, 9.17) is 23.3 Å². The molecule has 0 bridgehead atoms. The topological polar surface area (TPSA) is 112 Å². The zero-order valence-electron chi connectivity index (χ0n) is 17.6. The molecule has 0 unspecified atom stereocenters. The van der Waals surface area contributed by atoms with Crippen molar-refractivity contribution in [1.82, 2.24) is 5.32 Å². The Bertz CT molecular complexity index is 863. The predicted molar refractivity (Wildman–Crippen MR) is 113 cm³/mol. The van der Waals surface area contributed by atoms with E-state index in [-0.39, 0.29) is 0 Å². The van der Waals surface area contributed by atoms with Crippen LogP contribution < -0.4 is 5.32 Å². The van der Waals surface area contributed by atoms with Crippen molar-refractivity contribution in [3.63, 3.8) is 0 Å². The van der Waals surface area contributed by atoms with E-state index in [1.165, 1.54) is 16.7 Å². The fraction of sp³-hybridized carbons (Fsp3) is 0.0769. The molecule has 0 fully saturated rings. The molecule has 0 amide bonds. The SMILES string of the molecule is C[C](=[Cr])NC(c1ccccc1)(c1ccccc1)c1ccccc1.[C-]#[O+].[C-]#[O+].[C-]#[O+].[C-]#[O+].[C-]#[O+]. The molecule has 1 N–H and O–H groups in total. The molecular weight excluding hydrogens is 458 g/mol. The zero-order chi connectivity index (χ0) is 26.1. The minimum atomic E-state index is -0.418. The number of hydrogen-bond donors (Lipinski definition) is 1. The number of rotatable bonds is 5. The molecule has 3 rings (SSSR count). The van der Waals surface area contributed by atoms with E-state index in [1.54, 1.807) is 0 Å². The van der Waals surface area contributed by atoms with Gasteiger partial charge in [-0.15, -0.1) is 0 Å². The van der Waals surface area contributed by atoms with Crippen molar-refractivity contribution < 1.29 is 39.1 Å². The molecular formula is C26H19CrNO5. The van der Waals surface area contributed by atoms with Gasteiger partial charge in [0, 0.05) is 0 Å². The van der Waals surface area contributed by atoms with Crippen LogP contribution in [0.4, 0.5) is 0 Å². The minimum absolute atomic E-state index is 0.418. The molecule has 0 aliphatic carbocycles. The van der Waals surface area contributed by atoms with E-state index in [2.05, 4.69) is 152 Å². The standard InChI is InChI=1S/C21H19N.5CO.Cr/c1-2-22-21(18-12-6-3-7-13-18,19-14-8-4-9-15-19)20-16-10-5-11-17-20;5*1-2;/h3-17,22H,1H3;;;;;;. The van der Waals surface area contributed by atoms with Gasteiger partial charge >= 0.3 is 202 Å². The van der Waals surface area contributed by atoms with Crippen LogP contribution in [0.15, 0.2) is 91.0 Å². The van der Waals surface area contributed by atoms with Crippen LogP contribution in [0.5, 0.6) is 0 Å². The molecule has 164 valence electrons. The molecule has 0 aliphatic rings. The van der Waals surface area contributed by atoms with Gasteiger partial charge in [-0.1, -0.05) is 0 Å². The fourth-order valence-corrected chi connectivity index (χ4v) is 3.28. The van der Waals surface area contributed by atoms with Gasteiger partial charge in [-0.2, -0.15) is 0 Å². The van der Waals surface area contributed by atoms with Crippen LogP contribution in [0.25, 0.3) is 0 Å². The van der Waals surface area contributed by atoms with Crippen molar-refractivity contribution in [2.75, 3.05) is 0 Å². The van der Waals surface area contributed by atoms with Crippen molar-refractivity contribution in [3.8, 4) is 0 Å². The Labute approximate surface area is 202 Å². The molecule has 0 aromatic heterocycles. The summed E-state index contributed by atoms with van der Waals surface area (Å²) in [6, 6.07) is 31.8. The molecule has 0 heterocycles. The van der Waals surface area contributed by atoms with Gasteiger partial charge in [0.2, 0.25) is 0 Å². The Balaban J connectivity index is -0.000000798. The normalized spacial score (nSPS) is 8.09. The molecule has 6 nitrogen and oxygen atoms in total. The zero-order valence-corrected chi connectivity index (χ0v) is 18.9. The molecule has 0 saturated carbocycles. The van der Waals surface area contributed by atoms with Gasteiger partial charge in [0.05, 0.1) is 0 Å². The molecule has 0 spiro atoms. The Morgan fingerprint density at radius 1 is 0.545 bits per heavy atom. The van der Waals surface area contributed by atoms with Crippen LogP contribution in [-0.2, 0) is 44.7 Å². The van der Waals surface area contributed by atoms with Gasteiger partial charge in [-0.05, 0) is 0 Å². The summed E-state index contributed by atoms with van der Waals surface area (Å²) >= 11 is 3.11. The van der Waals surface area contributed by atoms with Gasteiger partial charge < -0.3 is 0 Å². The Kier molecular flexibility index (Phi) is 24.3. The summed E-state index contributed by atoms with van der Waals surface area (Å²) in [5.41, 5.74) is 3.23. The van der Waals surface area contributed by atoms with Crippen LogP contribution in [0.1, 0.15) is 23.6 Å². The molecule has 0 saturated heterocycles. The molecule has 0 radical (unpaired) electrons. The first-order chi connectivity index (χ1) is 16.2. The Hall–Kier alpha value is -3.28. The summed E-state index contributed by atoms with van der Waals surface area (Å²) in [6.07, 6.45) is 0. The molecule has 0 aliphatic heterocycles.